The number of hydrogen-bond donors (Lipinski definition) is 1. The Morgan fingerprint density at radius 3 is 1.43 bits per heavy atom. The highest BCUT2D eigenvalue weighted by molar-refractivity contribution is 6.63. The van der Waals surface area contributed by atoms with Crippen LogP contribution < -0.4 is 0 Å². The number of carbonyl (C=O) groups excluding carboxylic acids is 1. The molecule has 0 aliphatic carbocycles. The summed E-state index contributed by atoms with van der Waals surface area (Å²) in [6.07, 6.45) is 1.20. The summed E-state index contributed by atoms with van der Waals surface area (Å²) in [6, 6.07) is 12.0. The zero-order valence-corrected chi connectivity index (χ0v) is 15.4. The number of nitrogens with zero attached hydrogens (tertiary/aromatic N) is 2. The van der Waals surface area contributed by atoms with Gasteiger partial charge in [0.1, 0.15) is 0 Å². The van der Waals surface area contributed by atoms with Crippen molar-refractivity contribution in [3.05, 3.63) is 79.9 Å². The minimum atomic E-state index is -0.872. The lowest BCUT2D eigenvalue weighted by atomic mass is 10.1. The van der Waals surface area contributed by atoms with E-state index in [1.54, 1.807) is 24.3 Å². The number of nitro groups is 2. The topological polar surface area (TPSA) is 141 Å². The van der Waals surface area contributed by atoms with Crippen LogP contribution in [0.15, 0.2) is 48.5 Å². The van der Waals surface area contributed by atoms with E-state index in [0.29, 0.717) is 12.8 Å². The Hall–Kier alpha value is -3.33. The van der Waals surface area contributed by atoms with Crippen LogP contribution in [0, 0.1) is 20.2 Å². The molecule has 0 aliphatic rings. The second-order valence-electron chi connectivity index (χ2n) is 5.60. The maximum atomic E-state index is 10.4. The monoisotopic (exact) mass is 408 g/mol. The van der Waals surface area contributed by atoms with E-state index in [4.69, 9.17) is 16.7 Å². The fraction of sp³-hybridized carbons (Fsp3) is 0.222. The van der Waals surface area contributed by atoms with Gasteiger partial charge in [0.05, 0.1) is 9.85 Å². The number of carboxylic acids is 1. The summed E-state index contributed by atoms with van der Waals surface area (Å²) < 4.78 is 0. The Labute approximate surface area is 164 Å². The lowest BCUT2D eigenvalue weighted by Gasteiger charge is -1.97. The first-order valence-electron chi connectivity index (χ1n) is 8.06. The minimum absolute atomic E-state index is 0.0177. The highest BCUT2D eigenvalue weighted by Crippen LogP contribution is 2.14. The van der Waals surface area contributed by atoms with Crippen LogP contribution in [0.3, 0.4) is 0 Å². The molecule has 2 aromatic rings. The van der Waals surface area contributed by atoms with E-state index in [0.717, 1.165) is 11.1 Å². The van der Waals surface area contributed by atoms with Gasteiger partial charge in [0.15, 0.2) is 0 Å². The van der Waals surface area contributed by atoms with Crippen LogP contribution in [0.25, 0.3) is 0 Å². The quantitative estimate of drug-likeness (QED) is 0.396. The van der Waals surface area contributed by atoms with E-state index >= 15 is 0 Å². The first-order chi connectivity index (χ1) is 13.2. The SMILES string of the molecule is O=C(Cl)CCc1ccc([N+](=O)[O-])cc1.O=C(O)CCc1ccc([N+](=O)[O-])cc1. The minimum Gasteiger partial charge on any atom is -0.481 e. The Balaban J connectivity index is 0.000000280. The Bertz CT molecular complexity index is 765. The lowest BCUT2D eigenvalue weighted by Crippen LogP contribution is -1.97. The molecule has 9 nitrogen and oxygen atoms in total. The molecule has 2 aromatic carbocycles. The van der Waals surface area contributed by atoms with E-state index in [2.05, 4.69) is 0 Å². The van der Waals surface area contributed by atoms with Gasteiger partial charge >= 0.3 is 5.97 Å². The molecule has 0 spiro atoms. The molecule has 0 bridgehead atoms. The van der Waals surface area contributed by atoms with Crippen molar-refractivity contribution in [2.45, 2.75) is 25.7 Å². The van der Waals surface area contributed by atoms with Crippen LogP contribution in [0.1, 0.15) is 24.0 Å². The zero-order valence-electron chi connectivity index (χ0n) is 14.6. The number of aryl methyl sites for hydroxylation is 2. The maximum absolute atomic E-state index is 10.4. The zero-order chi connectivity index (χ0) is 21.1. The fourth-order valence-corrected chi connectivity index (χ4v) is 2.16. The number of carbonyl (C=O) groups is 2. The van der Waals surface area contributed by atoms with Crippen LogP contribution in [-0.4, -0.2) is 26.2 Å². The van der Waals surface area contributed by atoms with Gasteiger partial charge in [-0.1, -0.05) is 24.3 Å². The molecule has 0 saturated carbocycles. The molecular formula is C18H17ClN2O7. The van der Waals surface area contributed by atoms with Gasteiger partial charge in [-0.15, -0.1) is 0 Å². The Morgan fingerprint density at radius 2 is 1.14 bits per heavy atom. The van der Waals surface area contributed by atoms with Crippen molar-refractivity contribution in [3.63, 3.8) is 0 Å². The second kappa shape index (κ2) is 11.4. The first-order valence-corrected chi connectivity index (χ1v) is 8.43. The number of nitro benzene ring substituents is 2. The summed E-state index contributed by atoms with van der Waals surface area (Å²) in [5.41, 5.74) is 1.72. The van der Waals surface area contributed by atoms with Crippen LogP contribution in [0.2, 0.25) is 0 Å². The van der Waals surface area contributed by atoms with Crippen molar-refractivity contribution in [3.8, 4) is 0 Å². The molecule has 148 valence electrons. The predicted octanol–water partition coefficient (Wildman–Crippen LogP) is 3.90. The van der Waals surface area contributed by atoms with Gasteiger partial charge in [-0.25, -0.2) is 0 Å². The van der Waals surface area contributed by atoms with Crippen LogP contribution in [0.5, 0.6) is 0 Å². The van der Waals surface area contributed by atoms with E-state index in [9.17, 15) is 29.8 Å². The van der Waals surface area contributed by atoms with Gasteiger partial charge in [-0.3, -0.25) is 29.8 Å². The van der Waals surface area contributed by atoms with E-state index < -0.39 is 21.1 Å². The Kier molecular flexibility index (Phi) is 9.24. The summed E-state index contributed by atoms with van der Waals surface area (Å²) in [5.74, 6) is -0.872. The van der Waals surface area contributed by atoms with Gasteiger partial charge in [0, 0.05) is 37.1 Å². The smallest absolute Gasteiger partial charge is 0.303 e. The summed E-state index contributed by atoms with van der Waals surface area (Å²) >= 11 is 5.16. The molecule has 0 saturated heterocycles. The number of benzene rings is 2. The molecule has 0 amide bonds. The standard InChI is InChI=1S/C9H8ClNO3.C9H9NO4/c10-9(12)6-3-7-1-4-8(5-2-7)11(13)14;11-9(12)6-3-7-1-4-8(5-2-7)10(13)14/h1-2,4-5H,3,6H2;1-2,4-5H,3,6H2,(H,11,12). The molecule has 1 N–H and O–H groups in total. The predicted molar refractivity (Wildman–Crippen MR) is 101 cm³/mol. The third kappa shape index (κ3) is 8.86. The van der Waals surface area contributed by atoms with Crippen molar-refractivity contribution in [2.24, 2.45) is 0 Å². The Morgan fingerprint density at radius 1 is 0.786 bits per heavy atom. The van der Waals surface area contributed by atoms with Crippen LogP contribution in [0.4, 0.5) is 11.4 Å². The second-order valence-corrected chi connectivity index (χ2v) is 6.02. The average molecular weight is 409 g/mol. The number of aliphatic carboxylic acids is 1. The fourth-order valence-electron chi connectivity index (χ4n) is 2.06. The van der Waals surface area contributed by atoms with Gasteiger partial charge in [0.2, 0.25) is 5.24 Å². The largest absolute Gasteiger partial charge is 0.481 e. The summed E-state index contributed by atoms with van der Waals surface area (Å²) in [7, 11) is 0. The molecule has 0 aromatic heterocycles. The normalized spacial score (nSPS) is 9.75. The van der Waals surface area contributed by atoms with Crippen molar-refractivity contribution in [2.75, 3.05) is 0 Å². The van der Waals surface area contributed by atoms with Gasteiger partial charge in [-0.05, 0) is 35.6 Å². The molecular weight excluding hydrogens is 392 g/mol. The summed E-state index contributed by atoms with van der Waals surface area (Å²) in [6.45, 7) is 0. The van der Waals surface area contributed by atoms with Crippen molar-refractivity contribution >= 4 is 34.2 Å². The highest BCUT2D eigenvalue weighted by Gasteiger charge is 2.05. The molecule has 0 fully saturated rings. The van der Waals surface area contributed by atoms with Crippen molar-refractivity contribution < 1.29 is 24.5 Å². The highest BCUT2D eigenvalue weighted by atomic mass is 35.5. The van der Waals surface area contributed by atoms with Crippen molar-refractivity contribution in [1.29, 1.82) is 0 Å². The number of carboxylic acid groups (broad SMARTS) is 1. The third-order valence-electron chi connectivity index (χ3n) is 3.53. The van der Waals surface area contributed by atoms with Crippen molar-refractivity contribution in [1.82, 2.24) is 0 Å². The maximum Gasteiger partial charge on any atom is 0.303 e. The van der Waals surface area contributed by atoms with Crippen LogP contribution >= 0.6 is 11.6 Å². The number of non-ortho nitro benzene ring substituents is 2. The molecule has 0 unspecified atom stereocenters. The third-order valence-corrected chi connectivity index (χ3v) is 3.72. The molecule has 28 heavy (non-hydrogen) atoms. The van der Waals surface area contributed by atoms with Gasteiger partial charge in [0.25, 0.3) is 11.4 Å². The number of hydrogen-bond acceptors (Lipinski definition) is 6. The molecule has 10 heteroatoms. The average Bonchev–Trinajstić information content (AvgIpc) is 2.65. The molecule has 0 aliphatic heterocycles. The van der Waals surface area contributed by atoms with E-state index in [-0.39, 0.29) is 24.2 Å². The molecule has 2 rings (SSSR count). The first kappa shape index (κ1) is 22.7. The summed E-state index contributed by atoms with van der Waals surface area (Å²) in [5, 5.41) is 28.6. The van der Waals surface area contributed by atoms with Crippen LogP contribution in [-0.2, 0) is 22.4 Å². The lowest BCUT2D eigenvalue weighted by molar-refractivity contribution is -0.385. The summed E-state index contributed by atoms with van der Waals surface area (Å²) in [4.78, 5) is 40.3. The molecule has 0 heterocycles. The van der Waals surface area contributed by atoms with E-state index in [1.807, 2.05) is 0 Å². The number of rotatable bonds is 8. The molecule has 0 radical (unpaired) electrons. The van der Waals surface area contributed by atoms with Gasteiger partial charge < -0.3 is 5.11 Å². The van der Waals surface area contributed by atoms with E-state index in [1.165, 1.54) is 24.3 Å². The molecule has 0 atom stereocenters. The number of halogens is 1. The van der Waals surface area contributed by atoms with Gasteiger partial charge in [-0.2, -0.15) is 0 Å².